The number of para-hydroxylation sites is 1. The van der Waals surface area contributed by atoms with Gasteiger partial charge in [0.1, 0.15) is 5.82 Å². The van der Waals surface area contributed by atoms with E-state index in [-0.39, 0.29) is 23.3 Å². The summed E-state index contributed by atoms with van der Waals surface area (Å²) in [6, 6.07) is 13.1. The maximum absolute atomic E-state index is 13.5. The Hall–Kier alpha value is -2.36. The third-order valence-electron chi connectivity index (χ3n) is 5.75. The van der Waals surface area contributed by atoms with Crippen LogP contribution in [0.5, 0.6) is 0 Å². The molecule has 1 unspecified atom stereocenters. The topological polar surface area (TPSA) is 67.2 Å². The second kappa shape index (κ2) is 13.7. The molecular formula is C26H33FN4O2S2. The molecule has 188 valence electrons. The summed E-state index contributed by atoms with van der Waals surface area (Å²) in [6.45, 7) is 9.51. The number of halogens is 1. The van der Waals surface area contributed by atoms with Gasteiger partial charge < -0.3 is 10.2 Å². The number of carbonyl (C=O) groups excluding carboxylic acids is 1. The Morgan fingerprint density at radius 3 is 2.57 bits per heavy atom. The largest absolute Gasteiger partial charge is 0.353 e. The number of carbonyl (C=O) groups is 1. The van der Waals surface area contributed by atoms with Crippen molar-refractivity contribution in [3.05, 3.63) is 64.7 Å². The van der Waals surface area contributed by atoms with Crippen LogP contribution in [0.4, 0.5) is 4.39 Å². The normalized spacial score (nSPS) is 12.3. The Kier molecular flexibility index (Phi) is 10.6. The molecule has 9 heteroatoms. The zero-order chi connectivity index (χ0) is 25.2. The van der Waals surface area contributed by atoms with Crippen molar-refractivity contribution in [2.24, 2.45) is 0 Å². The summed E-state index contributed by atoms with van der Waals surface area (Å²) in [4.78, 5) is 32.6. The molecule has 1 N–H and O–H groups in total. The van der Waals surface area contributed by atoms with E-state index in [1.165, 1.54) is 40.2 Å². The highest BCUT2D eigenvalue weighted by Gasteiger charge is 2.14. The Morgan fingerprint density at radius 1 is 1.14 bits per heavy atom. The molecular weight excluding hydrogens is 483 g/mol. The number of aromatic nitrogens is 2. The first-order valence-corrected chi connectivity index (χ1v) is 14.1. The van der Waals surface area contributed by atoms with Gasteiger partial charge in [0.15, 0.2) is 5.16 Å². The molecule has 0 aliphatic carbocycles. The molecule has 1 amide bonds. The minimum atomic E-state index is -0.367. The van der Waals surface area contributed by atoms with Crippen LogP contribution >= 0.6 is 23.5 Å². The summed E-state index contributed by atoms with van der Waals surface area (Å²) in [7, 11) is 0. The summed E-state index contributed by atoms with van der Waals surface area (Å²) in [5, 5.41) is 4.64. The number of hydrogen-bond donors (Lipinski definition) is 1. The van der Waals surface area contributed by atoms with Gasteiger partial charge in [-0.05, 0) is 75.8 Å². The lowest BCUT2D eigenvalue weighted by molar-refractivity contribution is -0.119. The zero-order valence-electron chi connectivity index (χ0n) is 20.5. The molecule has 0 bridgehead atoms. The molecule has 2 aromatic carbocycles. The van der Waals surface area contributed by atoms with E-state index in [0.29, 0.717) is 32.6 Å². The molecule has 0 radical (unpaired) electrons. The number of hydrogen-bond acceptors (Lipinski definition) is 6. The van der Waals surface area contributed by atoms with E-state index in [9.17, 15) is 14.0 Å². The lowest BCUT2D eigenvalue weighted by Crippen LogP contribution is -2.34. The lowest BCUT2D eigenvalue weighted by atomic mass is 10.2. The van der Waals surface area contributed by atoms with Crippen LogP contribution in [0.25, 0.3) is 16.6 Å². The van der Waals surface area contributed by atoms with Gasteiger partial charge in [-0.1, -0.05) is 37.7 Å². The highest BCUT2D eigenvalue weighted by atomic mass is 32.2. The fourth-order valence-corrected chi connectivity index (χ4v) is 5.64. The van der Waals surface area contributed by atoms with Crippen molar-refractivity contribution in [3.63, 3.8) is 0 Å². The standard InChI is InChI=1S/C26H33FN4O2S2/c1-4-30(5-2)16-8-9-19(3)28-24(32)17-34-18-35-26-29-23-11-7-6-10-22(23)25(33)31(26)21-14-12-20(27)13-15-21/h6-7,10-15,19H,4-5,8-9,16-18H2,1-3H3,(H,28,32). The minimum absolute atomic E-state index is 0.00772. The summed E-state index contributed by atoms with van der Waals surface area (Å²) < 4.78 is 15.0. The molecule has 0 aliphatic heterocycles. The average Bonchev–Trinajstić information content (AvgIpc) is 2.85. The van der Waals surface area contributed by atoms with Crippen LogP contribution < -0.4 is 10.9 Å². The van der Waals surface area contributed by atoms with Gasteiger partial charge in [0.25, 0.3) is 5.56 Å². The van der Waals surface area contributed by atoms with Crippen molar-refractivity contribution in [1.82, 2.24) is 19.8 Å². The van der Waals surface area contributed by atoms with Crippen molar-refractivity contribution in [1.29, 1.82) is 0 Å². The summed E-state index contributed by atoms with van der Waals surface area (Å²) in [5.41, 5.74) is 0.962. The average molecular weight is 517 g/mol. The van der Waals surface area contributed by atoms with E-state index in [0.717, 1.165) is 32.5 Å². The molecule has 3 rings (SSSR count). The first-order valence-electron chi connectivity index (χ1n) is 11.9. The Bertz CT molecular complexity index is 1170. The number of rotatable bonds is 13. The predicted octanol–water partition coefficient (Wildman–Crippen LogP) is 4.93. The van der Waals surface area contributed by atoms with Crippen LogP contribution in [0.1, 0.15) is 33.6 Å². The van der Waals surface area contributed by atoms with Crippen molar-refractivity contribution in [2.45, 2.75) is 44.8 Å². The van der Waals surface area contributed by atoms with E-state index in [1.807, 2.05) is 13.0 Å². The molecule has 0 saturated heterocycles. The van der Waals surface area contributed by atoms with Crippen LogP contribution in [-0.2, 0) is 4.79 Å². The molecule has 0 saturated carbocycles. The third-order valence-corrected chi connectivity index (χ3v) is 7.88. The van der Waals surface area contributed by atoms with Gasteiger partial charge in [0, 0.05) is 11.1 Å². The Labute approximate surface area is 214 Å². The first-order chi connectivity index (χ1) is 16.9. The van der Waals surface area contributed by atoms with E-state index in [4.69, 9.17) is 0 Å². The van der Waals surface area contributed by atoms with Gasteiger partial charge in [0.2, 0.25) is 5.91 Å². The molecule has 0 spiro atoms. The molecule has 1 aromatic heterocycles. The fraction of sp³-hybridized carbons (Fsp3) is 0.423. The van der Waals surface area contributed by atoms with E-state index in [1.54, 1.807) is 30.3 Å². The summed E-state index contributed by atoms with van der Waals surface area (Å²) in [5.74, 6) is -0.0243. The van der Waals surface area contributed by atoms with Gasteiger partial charge in [0.05, 0.1) is 22.3 Å². The number of thioether (sulfide) groups is 2. The van der Waals surface area contributed by atoms with Gasteiger partial charge >= 0.3 is 0 Å². The predicted molar refractivity (Wildman–Crippen MR) is 145 cm³/mol. The van der Waals surface area contributed by atoms with Gasteiger partial charge in [-0.25, -0.2) is 9.37 Å². The lowest BCUT2D eigenvalue weighted by Gasteiger charge is -2.19. The Morgan fingerprint density at radius 2 is 1.86 bits per heavy atom. The highest BCUT2D eigenvalue weighted by molar-refractivity contribution is 8.16. The Balaban J connectivity index is 1.58. The second-order valence-corrected chi connectivity index (χ2v) is 10.6. The number of nitrogens with zero attached hydrogens (tertiary/aromatic N) is 3. The minimum Gasteiger partial charge on any atom is -0.353 e. The van der Waals surface area contributed by atoms with E-state index >= 15 is 0 Å². The zero-order valence-corrected chi connectivity index (χ0v) is 22.1. The van der Waals surface area contributed by atoms with Crippen LogP contribution in [0, 0.1) is 5.82 Å². The molecule has 0 aliphatic rings. The van der Waals surface area contributed by atoms with Crippen LogP contribution in [0.15, 0.2) is 58.5 Å². The smallest absolute Gasteiger partial charge is 0.266 e. The third kappa shape index (κ3) is 7.81. The quantitative estimate of drug-likeness (QED) is 0.150. The van der Waals surface area contributed by atoms with Crippen LogP contribution in [0.3, 0.4) is 0 Å². The van der Waals surface area contributed by atoms with Crippen molar-refractivity contribution in [2.75, 3.05) is 30.5 Å². The molecule has 1 heterocycles. The summed E-state index contributed by atoms with van der Waals surface area (Å²) in [6.07, 6.45) is 2.01. The number of amides is 1. The summed E-state index contributed by atoms with van der Waals surface area (Å²) >= 11 is 2.87. The van der Waals surface area contributed by atoms with Gasteiger partial charge in [-0.2, -0.15) is 0 Å². The van der Waals surface area contributed by atoms with Gasteiger partial charge in [-0.3, -0.25) is 14.2 Å². The SMILES string of the molecule is CCN(CC)CCCC(C)NC(=O)CSCSc1nc2ccccc2c(=O)n1-c1ccc(F)cc1. The molecule has 3 aromatic rings. The fourth-order valence-electron chi connectivity index (χ4n) is 3.81. The van der Waals surface area contributed by atoms with Crippen molar-refractivity contribution < 1.29 is 9.18 Å². The molecule has 0 fully saturated rings. The molecule has 35 heavy (non-hydrogen) atoms. The van der Waals surface area contributed by atoms with Crippen molar-refractivity contribution >= 4 is 40.3 Å². The van der Waals surface area contributed by atoms with Crippen LogP contribution in [-0.4, -0.2) is 56.9 Å². The monoisotopic (exact) mass is 516 g/mol. The van der Waals surface area contributed by atoms with Gasteiger partial charge in [-0.15, -0.1) is 11.8 Å². The van der Waals surface area contributed by atoms with Crippen molar-refractivity contribution in [3.8, 4) is 5.69 Å². The molecule has 1 atom stereocenters. The van der Waals surface area contributed by atoms with E-state index in [2.05, 4.69) is 29.0 Å². The number of fused-ring (bicyclic) bond motifs is 1. The maximum atomic E-state index is 13.5. The number of nitrogens with one attached hydrogen (secondary N) is 1. The molecule has 6 nitrogen and oxygen atoms in total. The number of benzene rings is 2. The van der Waals surface area contributed by atoms with E-state index < -0.39 is 0 Å². The first kappa shape index (κ1) is 27.2. The highest BCUT2D eigenvalue weighted by Crippen LogP contribution is 2.24. The second-order valence-electron chi connectivity index (χ2n) is 8.28. The maximum Gasteiger partial charge on any atom is 0.266 e. The van der Waals surface area contributed by atoms with Crippen LogP contribution in [0.2, 0.25) is 0 Å².